The molecule has 3 saturated heterocycles. The van der Waals surface area contributed by atoms with E-state index in [4.69, 9.17) is 14.1 Å². The number of pyridine rings is 1. The Morgan fingerprint density at radius 3 is 2.72 bits per heavy atom. The summed E-state index contributed by atoms with van der Waals surface area (Å²) >= 11 is 0. The zero-order chi connectivity index (χ0) is 27.1. The summed E-state index contributed by atoms with van der Waals surface area (Å²) in [5.74, 6) is -1.08. The molecule has 12 heteroatoms. The number of aromatic nitrogens is 1. The van der Waals surface area contributed by atoms with Gasteiger partial charge in [0.2, 0.25) is 0 Å². The largest absolute Gasteiger partial charge is 0.494 e. The number of hydrogen-bond acceptors (Lipinski definition) is 8. The zero-order valence-electron chi connectivity index (χ0n) is 21.5. The standard InChI is InChI=1S/C27H27FN6O5/c1-3-32-11-16-8-15(32)12-34(16)21-7-6-18-17(29-21)9-20(39-18)27(25(36)30-26(37)31-27)13-33-10-14-4-5-19(38-2)23(28)22(14)24(33)35/h4-7,9,15-16H,3,8,10-13H2,1-2H3,(H2,30,31,36,37)/t15-,16-,27-/m0/s1. The minimum Gasteiger partial charge on any atom is -0.494 e. The number of amides is 4. The number of urea groups is 1. The van der Waals surface area contributed by atoms with Gasteiger partial charge >= 0.3 is 6.03 Å². The van der Waals surface area contributed by atoms with Gasteiger partial charge in [0.05, 0.1) is 19.2 Å². The van der Waals surface area contributed by atoms with Crippen molar-refractivity contribution in [2.24, 2.45) is 0 Å². The van der Waals surface area contributed by atoms with Crippen LogP contribution in [0.3, 0.4) is 0 Å². The van der Waals surface area contributed by atoms with E-state index in [1.165, 1.54) is 18.1 Å². The summed E-state index contributed by atoms with van der Waals surface area (Å²) in [7, 11) is 1.32. The van der Waals surface area contributed by atoms with Crippen molar-refractivity contribution < 1.29 is 27.9 Å². The van der Waals surface area contributed by atoms with Crippen LogP contribution < -0.4 is 20.3 Å². The van der Waals surface area contributed by atoms with E-state index in [1.807, 2.05) is 12.1 Å². The second-order valence-corrected chi connectivity index (χ2v) is 10.5. The molecule has 4 aliphatic heterocycles. The zero-order valence-corrected chi connectivity index (χ0v) is 21.5. The third-order valence-corrected chi connectivity index (χ3v) is 8.48. The molecule has 3 aromatic rings. The van der Waals surface area contributed by atoms with Crippen molar-refractivity contribution in [3.05, 3.63) is 53.0 Å². The van der Waals surface area contributed by atoms with Gasteiger partial charge in [-0.25, -0.2) is 14.2 Å². The highest BCUT2D eigenvalue weighted by Gasteiger charge is 2.53. The Kier molecular flexibility index (Phi) is 5.15. The van der Waals surface area contributed by atoms with Crippen LogP contribution in [0.1, 0.15) is 35.0 Å². The topological polar surface area (TPSA) is 120 Å². The normalized spacial score (nSPS) is 26.1. The minimum atomic E-state index is -1.70. The Bertz CT molecular complexity index is 1560. The fraction of sp³-hybridized carbons (Fsp3) is 0.407. The Balaban J connectivity index is 1.21. The van der Waals surface area contributed by atoms with E-state index in [1.54, 1.807) is 12.1 Å². The number of hydrogen-bond donors (Lipinski definition) is 2. The summed E-state index contributed by atoms with van der Waals surface area (Å²) in [6.07, 6.45) is 1.11. The SMILES string of the molecule is CCN1C[C@@H]2C[C@H]1CN2c1ccc2oc([C@]3(CN4Cc5ccc(OC)c(F)c5C4=O)NC(=O)NC3=O)cc2n1. The van der Waals surface area contributed by atoms with E-state index in [0.717, 1.165) is 31.9 Å². The summed E-state index contributed by atoms with van der Waals surface area (Å²) in [6.45, 7) is 4.93. The lowest BCUT2D eigenvalue weighted by atomic mass is 9.95. The highest BCUT2D eigenvalue weighted by molar-refractivity contribution is 6.08. The molecule has 2 N–H and O–H groups in total. The van der Waals surface area contributed by atoms with E-state index in [0.29, 0.717) is 28.7 Å². The number of fused-ring (bicyclic) bond motifs is 4. The number of rotatable bonds is 6. The molecule has 1 aromatic carbocycles. The third kappa shape index (κ3) is 3.43. The first-order valence-electron chi connectivity index (χ1n) is 13.0. The number of anilines is 1. The number of carbonyl (C=O) groups excluding carboxylic acids is 3. The van der Waals surface area contributed by atoms with E-state index in [9.17, 15) is 18.8 Å². The average Bonchev–Trinajstić information content (AvgIpc) is 3.73. The van der Waals surface area contributed by atoms with Crippen molar-refractivity contribution in [3.8, 4) is 5.75 Å². The predicted octanol–water partition coefficient (Wildman–Crippen LogP) is 1.95. The maximum Gasteiger partial charge on any atom is 0.322 e. The van der Waals surface area contributed by atoms with Crippen molar-refractivity contribution in [1.82, 2.24) is 25.4 Å². The molecule has 3 atom stereocenters. The van der Waals surface area contributed by atoms with Crippen LogP contribution in [0.4, 0.5) is 15.0 Å². The van der Waals surface area contributed by atoms with Crippen LogP contribution in [0.5, 0.6) is 5.75 Å². The molecule has 3 fully saturated rings. The number of likely N-dealkylation sites (N-methyl/N-ethyl adjacent to an activating group) is 1. The summed E-state index contributed by atoms with van der Waals surface area (Å²) in [6, 6.07) is 8.64. The minimum absolute atomic E-state index is 0.0432. The van der Waals surface area contributed by atoms with Crippen LogP contribution >= 0.6 is 0 Å². The molecule has 7 rings (SSSR count). The van der Waals surface area contributed by atoms with Gasteiger partial charge in [-0.3, -0.25) is 19.8 Å². The van der Waals surface area contributed by atoms with E-state index < -0.39 is 29.2 Å². The number of nitrogens with one attached hydrogen (secondary N) is 2. The van der Waals surface area contributed by atoms with Gasteiger partial charge < -0.3 is 24.3 Å². The summed E-state index contributed by atoms with van der Waals surface area (Å²) in [4.78, 5) is 49.7. The van der Waals surface area contributed by atoms with Gasteiger partial charge in [0, 0.05) is 37.8 Å². The van der Waals surface area contributed by atoms with Crippen LogP contribution in [0, 0.1) is 5.82 Å². The Labute approximate surface area is 222 Å². The molecule has 2 bridgehead atoms. The van der Waals surface area contributed by atoms with Gasteiger partial charge in [0.1, 0.15) is 17.1 Å². The maximum atomic E-state index is 14.9. The number of furan rings is 1. The maximum absolute atomic E-state index is 14.9. The first kappa shape index (κ1) is 23.9. The second kappa shape index (κ2) is 8.40. The number of methoxy groups -OCH3 is 1. The number of halogens is 1. The fourth-order valence-corrected chi connectivity index (χ4v) is 6.52. The Morgan fingerprint density at radius 1 is 1.18 bits per heavy atom. The molecule has 0 aliphatic carbocycles. The van der Waals surface area contributed by atoms with Crippen molar-refractivity contribution in [3.63, 3.8) is 0 Å². The van der Waals surface area contributed by atoms with Crippen molar-refractivity contribution in [1.29, 1.82) is 0 Å². The average molecular weight is 535 g/mol. The smallest absolute Gasteiger partial charge is 0.322 e. The number of ether oxygens (including phenoxy) is 1. The molecular weight excluding hydrogens is 507 g/mol. The molecule has 202 valence electrons. The first-order chi connectivity index (χ1) is 18.8. The molecule has 6 heterocycles. The van der Waals surface area contributed by atoms with Gasteiger partial charge in [-0.15, -0.1) is 0 Å². The monoisotopic (exact) mass is 534 g/mol. The fourth-order valence-electron chi connectivity index (χ4n) is 6.52. The number of nitrogens with zero attached hydrogens (tertiary/aromatic N) is 4. The lowest BCUT2D eigenvalue weighted by molar-refractivity contribution is -0.125. The molecule has 0 spiro atoms. The van der Waals surface area contributed by atoms with Gasteiger partial charge in [0.25, 0.3) is 11.8 Å². The number of imide groups is 1. The molecule has 4 aliphatic rings. The lowest BCUT2D eigenvalue weighted by Crippen LogP contribution is -2.52. The van der Waals surface area contributed by atoms with Gasteiger partial charge in [-0.1, -0.05) is 13.0 Å². The molecule has 2 aromatic heterocycles. The molecule has 39 heavy (non-hydrogen) atoms. The Morgan fingerprint density at radius 2 is 2.03 bits per heavy atom. The number of likely N-dealkylation sites (tertiary alicyclic amines) is 1. The van der Waals surface area contributed by atoms with Crippen molar-refractivity contribution in [2.75, 3.05) is 38.2 Å². The summed E-state index contributed by atoms with van der Waals surface area (Å²) in [5, 5.41) is 4.92. The van der Waals surface area contributed by atoms with Gasteiger partial charge in [-0.05, 0) is 36.7 Å². The second-order valence-electron chi connectivity index (χ2n) is 10.5. The first-order valence-corrected chi connectivity index (χ1v) is 13.0. The van der Waals surface area contributed by atoms with Crippen LogP contribution in [0.15, 0.2) is 34.7 Å². The number of carbonyl (C=O) groups is 3. The quantitative estimate of drug-likeness (QED) is 0.461. The van der Waals surface area contributed by atoms with Crippen molar-refractivity contribution >= 4 is 34.8 Å². The van der Waals surface area contributed by atoms with Crippen molar-refractivity contribution in [2.45, 2.75) is 37.5 Å². The van der Waals surface area contributed by atoms with Crippen LogP contribution in [-0.2, 0) is 16.9 Å². The number of piperazine rings is 1. The Hall–Kier alpha value is -4.19. The molecular formula is C27H27FN6O5. The molecule has 0 unspecified atom stereocenters. The molecule has 11 nitrogen and oxygen atoms in total. The highest BCUT2D eigenvalue weighted by Crippen LogP contribution is 2.38. The van der Waals surface area contributed by atoms with E-state index in [2.05, 4.69) is 27.4 Å². The van der Waals surface area contributed by atoms with E-state index in [-0.39, 0.29) is 30.2 Å². The molecule has 0 saturated carbocycles. The highest BCUT2D eigenvalue weighted by atomic mass is 19.1. The summed E-state index contributed by atoms with van der Waals surface area (Å²) < 4.78 is 26.0. The van der Waals surface area contributed by atoms with Gasteiger partial charge in [-0.2, -0.15) is 0 Å². The predicted molar refractivity (Wildman–Crippen MR) is 137 cm³/mol. The van der Waals surface area contributed by atoms with E-state index >= 15 is 0 Å². The summed E-state index contributed by atoms with van der Waals surface area (Å²) in [5.41, 5.74) is -0.349. The molecule has 0 radical (unpaired) electrons. The molecule has 4 amide bonds. The van der Waals surface area contributed by atoms with Gasteiger partial charge in [0.15, 0.2) is 22.7 Å². The van der Waals surface area contributed by atoms with Crippen LogP contribution in [0.2, 0.25) is 0 Å². The third-order valence-electron chi connectivity index (χ3n) is 8.48. The van der Waals surface area contributed by atoms with Crippen LogP contribution in [0.25, 0.3) is 11.1 Å². The lowest BCUT2D eigenvalue weighted by Gasteiger charge is -2.34. The number of benzene rings is 1. The van der Waals surface area contributed by atoms with Crippen LogP contribution in [-0.4, -0.2) is 78.0 Å².